The van der Waals surface area contributed by atoms with Crippen molar-refractivity contribution in [1.82, 2.24) is 5.06 Å². The van der Waals surface area contributed by atoms with E-state index in [2.05, 4.69) is 65.7 Å². The normalized spacial score (nSPS) is 26.0. The van der Waals surface area contributed by atoms with Crippen molar-refractivity contribution in [3.63, 3.8) is 0 Å². The molecule has 0 aromatic heterocycles. The number of benzene rings is 1. The summed E-state index contributed by atoms with van der Waals surface area (Å²) in [6.07, 6.45) is 8.11. The number of hydrogen-bond donors (Lipinski definition) is 0. The van der Waals surface area contributed by atoms with Gasteiger partial charge in [0.15, 0.2) is 5.79 Å². The van der Waals surface area contributed by atoms with Gasteiger partial charge in [0.2, 0.25) is 0 Å². The van der Waals surface area contributed by atoms with Crippen LogP contribution in [0.15, 0.2) is 24.3 Å². The molecule has 0 aliphatic carbocycles. The second-order valence-electron chi connectivity index (χ2n) is 11.3. The van der Waals surface area contributed by atoms with Gasteiger partial charge in [-0.15, -0.1) is 0 Å². The van der Waals surface area contributed by atoms with Gasteiger partial charge in [-0.3, -0.25) is 4.84 Å². The first-order chi connectivity index (χ1) is 17.2. The van der Waals surface area contributed by atoms with Crippen LogP contribution in [0.1, 0.15) is 112 Å². The Morgan fingerprint density at radius 2 is 1.61 bits per heavy atom. The van der Waals surface area contributed by atoms with Gasteiger partial charge in [0.25, 0.3) is 0 Å². The Morgan fingerprint density at radius 1 is 0.944 bits per heavy atom. The molecule has 1 aromatic carbocycles. The van der Waals surface area contributed by atoms with Crippen LogP contribution in [0, 0.1) is 0 Å². The van der Waals surface area contributed by atoms with Crippen LogP contribution in [-0.4, -0.2) is 54.5 Å². The molecule has 0 radical (unpaired) electrons. The van der Waals surface area contributed by atoms with Gasteiger partial charge in [0, 0.05) is 25.0 Å². The van der Waals surface area contributed by atoms with Crippen molar-refractivity contribution in [2.45, 2.75) is 129 Å². The molecule has 3 atom stereocenters. The van der Waals surface area contributed by atoms with Crippen molar-refractivity contribution < 1.29 is 23.8 Å². The Bertz CT molecular complexity index is 774. The van der Waals surface area contributed by atoms with E-state index in [1.165, 1.54) is 12.8 Å². The Morgan fingerprint density at radius 3 is 2.19 bits per heavy atom. The summed E-state index contributed by atoms with van der Waals surface area (Å²) in [5, 5.41) is 2.29. The summed E-state index contributed by atoms with van der Waals surface area (Å²) >= 11 is 0. The zero-order valence-corrected chi connectivity index (χ0v) is 23.9. The Labute approximate surface area is 219 Å². The monoisotopic (exact) mass is 505 g/mol. The SMILES string of the molecule is CCCCCOC1(OCCC)CC(C)(C)N(OC(C)c2ccc(OCC3CO3)cc2)C(CC)(CC)C1. The first-order valence-corrected chi connectivity index (χ1v) is 14.3. The zero-order valence-electron chi connectivity index (χ0n) is 23.9. The number of ether oxygens (including phenoxy) is 4. The fraction of sp³-hybridized carbons (Fsp3) is 0.800. The van der Waals surface area contributed by atoms with E-state index < -0.39 is 5.79 Å². The van der Waals surface area contributed by atoms with Crippen LogP contribution in [-0.2, 0) is 19.0 Å². The fourth-order valence-corrected chi connectivity index (χ4v) is 5.60. The molecule has 0 bridgehead atoms. The van der Waals surface area contributed by atoms with Gasteiger partial charge in [-0.25, -0.2) is 0 Å². The second kappa shape index (κ2) is 13.1. The average molecular weight is 506 g/mol. The molecule has 2 fully saturated rings. The Hall–Kier alpha value is -1.18. The third-order valence-electron chi connectivity index (χ3n) is 7.73. The van der Waals surface area contributed by atoms with Crippen molar-refractivity contribution in [3.05, 3.63) is 29.8 Å². The minimum atomic E-state index is -0.577. The number of piperidine rings is 1. The van der Waals surface area contributed by atoms with Crippen LogP contribution in [0.5, 0.6) is 5.75 Å². The molecule has 36 heavy (non-hydrogen) atoms. The van der Waals surface area contributed by atoms with E-state index in [0.717, 1.165) is 63.1 Å². The first-order valence-electron chi connectivity index (χ1n) is 14.3. The van der Waals surface area contributed by atoms with Crippen molar-refractivity contribution in [1.29, 1.82) is 0 Å². The molecule has 6 heteroatoms. The number of hydrogen-bond acceptors (Lipinski definition) is 6. The number of hydroxylamine groups is 2. The summed E-state index contributed by atoms with van der Waals surface area (Å²) in [6, 6.07) is 8.27. The van der Waals surface area contributed by atoms with Crippen LogP contribution < -0.4 is 4.74 Å². The van der Waals surface area contributed by atoms with E-state index in [9.17, 15) is 0 Å². The summed E-state index contributed by atoms with van der Waals surface area (Å²) in [5.41, 5.74) is 0.698. The standard InChI is InChI=1S/C30H51NO5/c1-8-12-13-19-35-30(34-18-9-2)22-28(6,7)31(29(10-3,11-4)23-30)36-24(5)25-14-16-26(17-15-25)32-20-27-21-33-27/h14-17,24,27H,8-13,18-23H2,1-7H3. The van der Waals surface area contributed by atoms with Gasteiger partial charge in [-0.05, 0) is 64.2 Å². The highest BCUT2D eigenvalue weighted by Gasteiger charge is 2.57. The number of unbranched alkanes of at least 4 members (excludes halogenated alkanes) is 2. The predicted octanol–water partition coefficient (Wildman–Crippen LogP) is 7.22. The lowest BCUT2D eigenvalue weighted by Crippen LogP contribution is -2.68. The average Bonchev–Trinajstić information content (AvgIpc) is 3.70. The van der Waals surface area contributed by atoms with Crippen molar-refractivity contribution in [2.24, 2.45) is 0 Å². The largest absolute Gasteiger partial charge is 0.491 e. The molecule has 2 heterocycles. The van der Waals surface area contributed by atoms with E-state index in [0.29, 0.717) is 13.2 Å². The molecule has 2 saturated heterocycles. The molecule has 2 aliphatic heterocycles. The summed E-state index contributed by atoms with van der Waals surface area (Å²) in [7, 11) is 0. The van der Waals surface area contributed by atoms with E-state index in [-0.39, 0.29) is 23.3 Å². The third-order valence-corrected chi connectivity index (χ3v) is 7.73. The predicted molar refractivity (Wildman–Crippen MR) is 144 cm³/mol. The van der Waals surface area contributed by atoms with Crippen LogP contribution in [0.3, 0.4) is 0 Å². The fourth-order valence-electron chi connectivity index (χ4n) is 5.60. The molecule has 3 rings (SSSR count). The minimum Gasteiger partial charge on any atom is -0.491 e. The van der Waals surface area contributed by atoms with E-state index in [1.807, 2.05) is 12.1 Å². The number of rotatable bonds is 16. The topological polar surface area (TPSA) is 52.7 Å². The molecule has 3 unspecified atom stereocenters. The van der Waals surface area contributed by atoms with Gasteiger partial charge < -0.3 is 18.9 Å². The third kappa shape index (κ3) is 7.44. The molecular weight excluding hydrogens is 454 g/mol. The molecule has 1 aromatic rings. The number of epoxide rings is 1. The van der Waals surface area contributed by atoms with Gasteiger partial charge in [0.1, 0.15) is 24.6 Å². The van der Waals surface area contributed by atoms with Gasteiger partial charge >= 0.3 is 0 Å². The lowest BCUT2D eigenvalue weighted by molar-refractivity contribution is -0.375. The highest BCUT2D eigenvalue weighted by Crippen LogP contribution is 2.50. The summed E-state index contributed by atoms with van der Waals surface area (Å²) in [4.78, 5) is 6.84. The van der Waals surface area contributed by atoms with Crippen LogP contribution in [0.2, 0.25) is 0 Å². The molecule has 6 nitrogen and oxygen atoms in total. The van der Waals surface area contributed by atoms with E-state index in [4.69, 9.17) is 23.8 Å². The second-order valence-corrected chi connectivity index (χ2v) is 11.3. The van der Waals surface area contributed by atoms with Gasteiger partial charge in [-0.2, -0.15) is 5.06 Å². The molecule has 0 amide bonds. The summed E-state index contributed by atoms with van der Waals surface area (Å²) in [6.45, 7) is 18.5. The van der Waals surface area contributed by atoms with Crippen LogP contribution >= 0.6 is 0 Å². The Balaban J connectivity index is 1.77. The van der Waals surface area contributed by atoms with Gasteiger partial charge in [0.05, 0.1) is 18.8 Å². The van der Waals surface area contributed by atoms with Crippen LogP contribution in [0.25, 0.3) is 0 Å². The lowest BCUT2D eigenvalue weighted by atomic mass is 9.73. The van der Waals surface area contributed by atoms with Crippen molar-refractivity contribution in [2.75, 3.05) is 26.4 Å². The van der Waals surface area contributed by atoms with E-state index in [1.54, 1.807) is 0 Å². The summed E-state index contributed by atoms with van der Waals surface area (Å²) in [5.74, 6) is 0.293. The van der Waals surface area contributed by atoms with Crippen molar-refractivity contribution in [3.8, 4) is 5.75 Å². The molecular formula is C30H51NO5. The smallest absolute Gasteiger partial charge is 0.171 e. The Kier molecular flexibility index (Phi) is 10.7. The van der Waals surface area contributed by atoms with E-state index >= 15 is 0 Å². The zero-order chi connectivity index (χ0) is 26.2. The van der Waals surface area contributed by atoms with Crippen molar-refractivity contribution >= 4 is 0 Å². The number of nitrogens with zero attached hydrogens (tertiary/aromatic N) is 1. The summed E-state index contributed by atoms with van der Waals surface area (Å²) < 4.78 is 24.3. The highest BCUT2D eigenvalue weighted by molar-refractivity contribution is 5.28. The lowest BCUT2D eigenvalue weighted by Gasteiger charge is -2.60. The van der Waals surface area contributed by atoms with Gasteiger partial charge in [-0.1, -0.05) is 52.7 Å². The molecule has 0 spiro atoms. The van der Waals surface area contributed by atoms with Crippen LogP contribution in [0.4, 0.5) is 0 Å². The quantitative estimate of drug-likeness (QED) is 0.134. The minimum absolute atomic E-state index is 0.0860. The first kappa shape index (κ1) is 29.4. The maximum atomic E-state index is 6.84. The molecule has 0 N–H and O–H groups in total. The molecule has 0 saturated carbocycles. The molecule has 2 aliphatic rings. The highest BCUT2D eigenvalue weighted by atomic mass is 16.7. The molecule has 206 valence electrons. The maximum Gasteiger partial charge on any atom is 0.171 e. The maximum absolute atomic E-state index is 6.84.